The lowest BCUT2D eigenvalue weighted by atomic mass is 9.87. The molecule has 4 N–H and O–H groups in total. The number of halogens is 1. The molecule has 2 aromatic rings. The van der Waals surface area contributed by atoms with Gasteiger partial charge in [-0.15, -0.1) is 0 Å². The van der Waals surface area contributed by atoms with E-state index in [-0.39, 0.29) is 12.1 Å². The molecule has 0 radical (unpaired) electrons. The van der Waals surface area contributed by atoms with Gasteiger partial charge >= 0.3 is 6.09 Å². The summed E-state index contributed by atoms with van der Waals surface area (Å²) in [5.41, 5.74) is 12.6. The highest BCUT2D eigenvalue weighted by atomic mass is 35.5. The molecule has 0 bridgehead atoms. The number of nitrogens with two attached hydrogens (primary N) is 2. The third-order valence-electron chi connectivity index (χ3n) is 5.63. The number of benzene rings is 2. The van der Waals surface area contributed by atoms with Crippen molar-refractivity contribution in [3.63, 3.8) is 0 Å². The number of nitrogens with zero attached hydrogens (tertiary/aromatic N) is 1. The number of carbonyl (C=O) groups is 1. The summed E-state index contributed by atoms with van der Waals surface area (Å²) < 4.78 is 5.67. The second-order valence-electron chi connectivity index (χ2n) is 8.26. The van der Waals surface area contributed by atoms with Crippen LogP contribution in [0, 0.1) is 0 Å². The number of hydrogen-bond acceptors (Lipinski definition) is 4. The van der Waals surface area contributed by atoms with E-state index in [9.17, 15) is 4.79 Å². The molecule has 2 fully saturated rings. The summed E-state index contributed by atoms with van der Waals surface area (Å²) in [7, 11) is 0. The van der Waals surface area contributed by atoms with Crippen molar-refractivity contribution in [1.82, 2.24) is 4.90 Å². The van der Waals surface area contributed by atoms with Crippen LogP contribution in [0.25, 0.3) is 0 Å². The Morgan fingerprint density at radius 1 is 1.00 bits per heavy atom. The second kappa shape index (κ2) is 8.95. The van der Waals surface area contributed by atoms with Crippen LogP contribution < -0.4 is 11.5 Å². The molecule has 1 aliphatic heterocycles. The van der Waals surface area contributed by atoms with Gasteiger partial charge in [0.15, 0.2) is 0 Å². The second-order valence-corrected chi connectivity index (χ2v) is 8.69. The lowest BCUT2D eigenvalue weighted by molar-refractivity contribution is 0.0665. The molecule has 29 heavy (non-hydrogen) atoms. The summed E-state index contributed by atoms with van der Waals surface area (Å²) in [5.74, 6) is 0. The Morgan fingerprint density at radius 3 is 2.24 bits per heavy atom. The van der Waals surface area contributed by atoms with Gasteiger partial charge in [0.2, 0.25) is 0 Å². The van der Waals surface area contributed by atoms with E-state index in [1.54, 1.807) is 18.2 Å². The quantitative estimate of drug-likeness (QED) is 0.607. The van der Waals surface area contributed by atoms with Gasteiger partial charge in [-0.2, -0.15) is 0 Å². The van der Waals surface area contributed by atoms with E-state index >= 15 is 0 Å². The largest absolute Gasteiger partial charge is 0.441 e. The predicted molar refractivity (Wildman–Crippen MR) is 119 cm³/mol. The maximum absolute atomic E-state index is 12.4. The van der Waals surface area contributed by atoms with Crippen molar-refractivity contribution in [2.45, 2.75) is 63.6 Å². The zero-order chi connectivity index (χ0) is 21.0. The van der Waals surface area contributed by atoms with Gasteiger partial charge in [0.1, 0.15) is 5.60 Å². The molecule has 1 unspecified atom stereocenters. The molecular weight excluding hydrogens is 386 g/mol. The molecule has 1 heterocycles. The van der Waals surface area contributed by atoms with Gasteiger partial charge in [0.05, 0.1) is 17.4 Å². The molecule has 156 valence electrons. The van der Waals surface area contributed by atoms with Crippen LogP contribution in [0.3, 0.4) is 0 Å². The fourth-order valence-corrected chi connectivity index (χ4v) is 4.42. The zero-order valence-corrected chi connectivity index (χ0v) is 17.9. The highest BCUT2D eigenvalue weighted by Gasteiger charge is 2.50. The Hall–Kier alpha value is -2.40. The first kappa shape index (κ1) is 21.3. The maximum atomic E-state index is 12.4. The van der Waals surface area contributed by atoms with E-state index < -0.39 is 5.60 Å². The fourth-order valence-electron chi connectivity index (χ4n) is 4.24. The molecular formula is C23H30ClN3O2. The molecule has 2 aromatic carbocycles. The van der Waals surface area contributed by atoms with Gasteiger partial charge in [-0.1, -0.05) is 61.2 Å². The molecule has 4 rings (SSSR count). The Kier molecular flexibility index (Phi) is 6.58. The summed E-state index contributed by atoms with van der Waals surface area (Å²) in [6.45, 7) is 4.04. The van der Waals surface area contributed by atoms with Crippen LogP contribution in [0.15, 0.2) is 48.5 Å². The number of cyclic esters (lactones) is 1. The first-order valence-electron chi connectivity index (χ1n) is 10.2. The maximum Gasteiger partial charge on any atom is 0.411 e. The van der Waals surface area contributed by atoms with Crippen LogP contribution in [0.2, 0.25) is 5.02 Å². The Bertz CT molecular complexity index is 835. The average molecular weight is 416 g/mol. The summed E-state index contributed by atoms with van der Waals surface area (Å²) in [5, 5.41) is 0.613. The van der Waals surface area contributed by atoms with Crippen LogP contribution in [-0.4, -0.2) is 22.6 Å². The lowest BCUT2D eigenvalue weighted by Crippen LogP contribution is -2.41. The van der Waals surface area contributed by atoms with Crippen molar-refractivity contribution < 1.29 is 9.53 Å². The zero-order valence-electron chi connectivity index (χ0n) is 17.1. The van der Waals surface area contributed by atoms with Crippen LogP contribution in [0.5, 0.6) is 0 Å². The SMILES string of the molecule is CC1(C)OC(=O)N(C2CCCCC2)C1c1ccccc1.Nc1ccc(Cl)cc1N. The van der Waals surface area contributed by atoms with Crippen molar-refractivity contribution in [2.75, 3.05) is 11.5 Å². The van der Waals surface area contributed by atoms with Gasteiger partial charge in [-0.25, -0.2) is 4.79 Å². The van der Waals surface area contributed by atoms with E-state index in [1.165, 1.54) is 24.8 Å². The molecule has 1 amide bonds. The molecule has 0 spiro atoms. The Morgan fingerprint density at radius 2 is 1.66 bits per heavy atom. The molecule has 5 nitrogen and oxygen atoms in total. The summed E-state index contributed by atoms with van der Waals surface area (Å²) in [6, 6.07) is 15.7. The van der Waals surface area contributed by atoms with Gasteiger partial charge in [-0.05, 0) is 50.5 Å². The molecule has 1 aliphatic carbocycles. The van der Waals surface area contributed by atoms with Crippen molar-refractivity contribution >= 4 is 29.1 Å². The minimum atomic E-state index is -0.462. The molecule has 1 saturated heterocycles. The highest BCUT2D eigenvalue weighted by molar-refractivity contribution is 6.31. The van der Waals surface area contributed by atoms with Crippen LogP contribution >= 0.6 is 11.6 Å². The Balaban J connectivity index is 0.000000224. The smallest absolute Gasteiger partial charge is 0.411 e. The summed E-state index contributed by atoms with van der Waals surface area (Å²) in [6.07, 6.45) is 5.80. The topological polar surface area (TPSA) is 81.6 Å². The Labute approximate surface area is 178 Å². The number of anilines is 2. The minimum absolute atomic E-state index is 0.0271. The van der Waals surface area contributed by atoms with Gasteiger partial charge in [-0.3, -0.25) is 4.90 Å². The van der Waals surface area contributed by atoms with Crippen molar-refractivity contribution in [2.24, 2.45) is 0 Å². The van der Waals surface area contributed by atoms with E-state index in [0.717, 1.165) is 12.8 Å². The standard InChI is InChI=1S/C17H23NO2.C6H7ClN2/c1-17(2)15(13-9-5-3-6-10-13)18(16(19)20-17)14-11-7-4-8-12-14;7-4-1-2-5(8)6(9)3-4/h3,5-6,9-10,14-15H,4,7-8,11-12H2,1-2H3;1-3H,8-9H2. The number of rotatable bonds is 2. The van der Waals surface area contributed by atoms with Crippen molar-refractivity contribution in [3.8, 4) is 0 Å². The number of ether oxygens (including phenoxy) is 1. The first-order chi connectivity index (χ1) is 13.8. The number of nitrogen functional groups attached to an aromatic ring is 2. The normalized spacial score (nSPS) is 21.3. The van der Waals surface area contributed by atoms with Crippen LogP contribution in [0.1, 0.15) is 57.6 Å². The minimum Gasteiger partial charge on any atom is -0.441 e. The molecule has 2 aliphatic rings. The van der Waals surface area contributed by atoms with E-state index in [4.69, 9.17) is 27.8 Å². The van der Waals surface area contributed by atoms with E-state index in [2.05, 4.69) is 12.1 Å². The predicted octanol–water partition coefficient (Wildman–Crippen LogP) is 5.80. The monoisotopic (exact) mass is 415 g/mol. The molecule has 1 atom stereocenters. The number of amides is 1. The van der Waals surface area contributed by atoms with Crippen molar-refractivity contribution in [3.05, 3.63) is 59.1 Å². The van der Waals surface area contributed by atoms with Crippen molar-refractivity contribution in [1.29, 1.82) is 0 Å². The third kappa shape index (κ3) is 4.96. The van der Waals surface area contributed by atoms with Gasteiger partial charge in [0, 0.05) is 11.1 Å². The highest BCUT2D eigenvalue weighted by Crippen LogP contribution is 2.44. The van der Waals surface area contributed by atoms with Crippen LogP contribution in [0.4, 0.5) is 16.2 Å². The molecule has 1 saturated carbocycles. The van der Waals surface area contributed by atoms with Gasteiger partial charge < -0.3 is 16.2 Å². The summed E-state index contributed by atoms with van der Waals surface area (Å²) in [4.78, 5) is 14.4. The molecule has 0 aromatic heterocycles. The fraction of sp³-hybridized carbons (Fsp3) is 0.435. The number of hydrogen-bond donors (Lipinski definition) is 2. The third-order valence-corrected chi connectivity index (χ3v) is 5.87. The molecule has 6 heteroatoms. The van der Waals surface area contributed by atoms with Crippen LogP contribution in [-0.2, 0) is 4.74 Å². The first-order valence-corrected chi connectivity index (χ1v) is 10.5. The summed E-state index contributed by atoms with van der Waals surface area (Å²) >= 11 is 5.58. The van der Waals surface area contributed by atoms with E-state index in [1.807, 2.05) is 36.9 Å². The van der Waals surface area contributed by atoms with Gasteiger partial charge in [0.25, 0.3) is 0 Å². The van der Waals surface area contributed by atoms with E-state index in [0.29, 0.717) is 22.4 Å². The average Bonchev–Trinajstić information content (AvgIpc) is 2.95. The number of carbonyl (C=O) groups excluding carboxylic acids is 1. The lowest BCUT2D eigenvalue weighted by Gasteiger charge is -2.36.